The molecule has 0 unspecified atom stereocenters. The van der Waals surface area contributed by atoms with Crippen LogP contribution in [0.15, 0.2) is 0 Å². The molecule has 0 bridgehead atoms. The summed E-state index contributed by atoms with van der Waals surface area (Å²) in [6.07, 6.45) is 2.37. The quantitative estimate of drug-likeness (QED) is 0.673. The van der Waals surface area contributed by atoms with Crippen LogP contribution < -0.4 is 0 Å². The number of hydrogen-bond acceptors (Lipinski definition) is 2. The fraction of sp³-hybridized carbons (Fsp3) is 0.900. The highest BCUT2D eigenvalue weighted by Gasteiger charge is 2.23. The van der Waals surface area contributed by atoms with E-state index in [9.17, 15) is 4.79 Å². The second kappa shape index (κ2) is 6.25. The predicted molar refractivity (Wildman–Crippen MR) is 56.6 cm³/mol. The zero-order chi connectivity index (χ0) is 10.4. The lowest BCUT2D eigenvalue weighted by molar-refractivity contribution is -0.134. The van der Waals surface area contributed by atoms with Crippen molar-refractivity contribution in [2.75, 3.05) is 25.6 Å². The lowest BCUT2D eigenvalue weighted by atomic mass is 10.1. The van der Waals surface area contributed by atoms with Crippen molar-refractivity contribution >= 4 is 17.5 Å². The highest BCUT2D eigenvalue weighted by molar-refractivity contribution is 6.18. The summed E-state index contributed by atoms with van der Waals surface area (Å²) in [5.74, 6) is 0.591. The molecule has 3 nitrogen and oxygen atoms in total. The molecule has 0 aromatic rings. The maximum Gasteiger partial charge on any atom is 0.224 e. The SMILES string of the molecule is CCN(C(=O)CCCl)C1CCOCC1. The fourth-order valence-corrected chi connectivity index (χ4v) is 2.02. The number of hydrogen-bond donors (Lipinski definition) is 0. The summed E-state index contributed by atoms with van der Waals surface area (Å²) < 4.78 is 5.27. The van der Waals surface area contributed by atoms with Crippen molar-refractivity contribution in [3.05, 3.63) is 0 Å². The highest BCUT2D eigenvalue weighted by Crippen LogP contribution is 2.15. The molecule has 0 radical (unpaired) electrons. The number of ether oxygens (including phenoxy) is 1. The van der Waals surface area contributed by atoms with E-state index in [0.29, 0.717) is 18.3 Å². The first kappa shape index (κ1) is 11.8. The van der Waals surface area contributed by atoms with Gasteiger partial charge in [0.1, 0.15) is 0 Å². The average molecular weight is 220 g/mol. The average Bonchev–Trinajstić information content (AvgIpc) is 2.21. The summed E-state index contributed by atoms with van der Waals surface area (Å²) in [5.41, 5.74) is 0. The summed E-state index contributed by atoms with van der Waals surface area (Å²) in [7, 11) is 0. The van der Waals surface area contributed by atoms with Crippen LogP contribution in [-0.4, -0.2) is 42.5 Å². The van der Waals surface area contributed by atoms with Crippen molar-refractivity contribution in [3.8, 4) is 0 Å². The van der Waals surface area contributed by atoms with Crippen LogP contribution in [0, 0.1) is 0 Å². The highest BCUT2D eigenvalue weighted by atomic mass is 35.5. The van der Waals surface area contributed by atoms with Gasteiger partial charge in [0, 0.05) is 38.1 Å². The summed E-state index contributed by atoms with van der Waals surface area (Å²) in [6.45, 7) is 4.34. The van der Waals surface area contributed by atoms with Crippen molar-refractivity contribution in [1.29, 1.82) is 0 Å². The topological polar surface area (TPSA) is 29.5 Å². The first-order valence-electron chi connectivity index (χ1n) is 5.22. The Kier molecular flexibility index (Phi) is 5.26. The molecule has 1 amide bonds. The van der Waals surface area contributed by atoms with Crippen molar-refractivity contribution in [2.45, 2.75) is 32.2 Å². The van der Waals surface area contributed by atoms with Gasteiger partial charge in [-0.25, -0.2) is 0 Å². The number of carbonyl (C=O) groups excluding carboxylic acids is 1. The van der Waals surface area contributed by atoms with E-state index in [0.717, 1.165) is 32.6 Å². The van der Waals surface area contributed by atoms with Gasteiger partial charge in [0.25, 0.3) is 0 Å². The maximum atomic E-state index is 11.7. The van der Waals surface area contributed by atoms with Crippen LogP contribution in [0.5, 0.6) is 0 Å². The summed E-state index contributed by atoms with van der Waals surface area (Å²) in [6, 6.07) is 0.365. The Bertz CT molecular complexity index is 181. The number of nitrogens with zero attached hydrogens (tertiary/aromatic N) is 1. The molecular formula is C10H18ClNO2. The molecule has 0 spiro atoms. The zero-order valence-corrected chi connectivity index (χ0v) is 9.42. The lowest BCUT2D eigenvalue weighted by Crippen LogP contribution is -2.43. The largest absolute Gasteiger partial charge is 0.381 e. The molecular weight excluding hydrogens is 202 g/mol. The van der Waals surface area contributed by atoms with Crippen LogP contribution >= 0.6 is 11.6 Å². The molecule has 82 valence electrons. The third-order valence-corrected chi connectivity index (χ3v) is 2.79. The van der Waals surface area contributed by atoms with Gasteiger partial charge in [0.2, 0.25) is 5.91 Å². The van der Waals surface area contributed by atoms with E-state index < -0.39 is 0 Å². The van der Waals surface area contributed by atoms with Gasteiger partial charge in [0.15, 0.2) is 0 Å². The van der Waals surface area contributed by atoms with E-state index in [4.69, 9.17) is 16.3 Å². The van der Waals surface area contributed by atoms with Gasteiger partial charge in [-0.1, -0.05) is 0 Å². The number of carbonyl (C=O) groups is 1. The van der Waals surface area contributed by atoms with Crippen molar-refractivity contribution in [3.63, 3.8) is 0 Å². The van der Waals surface area contributed by atoms with E-state index in [-0.39, 0.29) is 5.91 Å². The van der Waals surface area contributed by atoms with Gasteiger partial charge in [0.05, 0.1) is 0 Å². The summed E-state index contributed by atoms with van der Waals surface area (Å²) in [5, 5.41) is 0. The van der Waals surface area contributed by atoms with Crippen molar-refractivity contribution in [2.24, 2.45) is 0 Å². The Morgan fingerprint density at radius 3 is 2.64 bits per heavy atom. The number of halogens is 1. The monoisotopic (exact) mass is 219 g/mol. The Hall–Kier alpha value is -0.280. The fourth-order valence-electron chi connectivity index (χ4n) is 1.86. The minimum Gasteiger partial charge on any atom is -0.381 e. The molecule has 1 rings (SSSR count). The number of alkyl halides is 1. The molecule has 0 aromatic carbocycles. The Morgan fingerprint density at radius 1 is 1.50 bits per heavy atom. The first-order valence-corrected chi connectivity index (χ1v) is 5.76. The van der Waals surface area contributed by atoms with Crippen LogP contribution in [-0.2, 0) is 9.53 Å². The second-order valence-corrected chi connectivity index (χ2v) is 3.84. The van der Waals surface area contributed by atoms with Gasteiger partial charge in [-0.05, 0) is 19.8 Å². The van der Waals surface area contributed by atoms with E-state index in [2.05, 4.69) is 0 Å². The van der Waals surface area contributed by atoms with Gasteiger partial charge in [-0.3, -0.25) is 4.79 Å². The Balaban J connectivity index is 2.46. The van der Waals surface area contributed by atoms with Gasteiger partial charge in [-0.2, -0.15) is 0 Å². The van der Waals surface area contributed by atoms with Crippen LogP contribution in [0.3, 0.4) is 0 Å². The van der Waals surface area contributed by atoms with E-state index in [1.54, 1.807) is 0 Å². The minimum atomic E-state index is 0.175. The maximum absolute atomic E-state index is 11.7. The Morgan fingerprint density at radius 2 is 2.14 bits per heavy atom. The molecule has 0 atom stereocenters. The minimum absolute atomic E-state index is 0.175. The standard InChI is InChI=1S/C10H18ClNO2/c1-2-12(10(13)3-6-11)9-4-7-14-8-5-9/h9H,2-8H2,1H3. The molecule has 4 heteroatoms. The molecule has 14 heavy (non-hydrogen) atoms. The number of amides is 1. The third-order valence-electron chi connectivity index (χ3n) is 2.60. The smallest absolute Gasteiger partial charge is 0.224 e. The van der Waals surface area contributed by atoms with Crippen LogP contribution in [0.4, 0.5) is 0 Å². The first-order chi connectivity index (χ1) is 6.79. The van der Waals surface area contributed by atoms with E-state index >= 15 is 0 Å². The van der Waals surface area contributed by atoms with Gasteiger partial charge < -0.3 is 9.64 Å². The molecule has 1 aliphatic rings. The zero-order valence-electron chi connectivity index (χ0n) is 8.67. The normalized spacial score (nSPS) is 18.1. The lowest BCUT2D eigenvalue weighted by Gasteiger charge is -2.33. The van der Waals surface area contributed by atoms with Gasteiger partial charge in [-0.15, -0.1) is 11.6 Å². The summed E-state index contributed by atoms with van der Waals surface area (Å²) in [4.78, 5) is 13.6. The molecule has 1 heterocycles. The third kappa shape index (κ3) is 3.14. The molecule has 0 saturated carbocycles. The molecule has 0 aliphatic carbocycles. The van der Waals surface area contributed by atoms with Crippen LogP contribution in [0.25, 0.3) is 0 Å². The van der Waals surface area contributed by atoms with E-state index in [1.807, 2.05) is 11.8 Å². The van der Waals surface area contributed by atoms with Crippen LogP contribution in [0.2, 0.25) is 0 Å². The Labute approximate surface area is 90.4 Å². The van der Waals surface area contributed by atoms with E-state index in [1.165, 1.54) is 0 Å². The molecule has 1 aliphatic heterocycles. The van der Waals surface area contributed by atoms with Crippen molar-refractivity contribution < 1.29 is 9.53 Å². The number of rotatable bonds is 4. The molecule has 0 aromatic heterocycles. The van der Waals surface area contributed by atoms with Crippen LogP contribution in [0.1, 0.15) is 26.2 Å². The van der Waals surface area contributed by atoms with Crippen molar-refractivity contribution in [1.82, 2.24) is 4.90 Å². The second-order valence-electron chi connectivity index (χ2n) is 3.46. The molecule has 1 fully saturated rings. The van der Waals surface area contributed by atoms with Gasteiger partial charge >= 0.3 is 0 Å². The predicted octanol–water partition coefficient (Wildman–Crippen LogP) is 1.64. The molecule has 0 N–H and O–H groups in total. The molecule has 1 saturated heterocycles. The summed E-state index contributed by atoms with van der Waals surface area (Å²) >= 11 is 5.56.